The first-order chi connectivity index (χ1) is 11.1. The molecule has 1 aromatic carbocycles. The molecule has 2 aliphatic rings. The summed E-state index contributed by atoms with van der Waals surface area (Å²) >= 11 is 0. The van der Waals surface area contributed by atoms with Crippen LogP contribution in [-0.4, -0.2) is 52.2 Å². The van der Waals surface area contributed by atoms with Gasteiger partial charge in [-0.3, -0.25) is 0 Å². The number of rotatable bonds is 4. The van der Waals surface area contributed by atoms with E-state index in [0.717, 1.165) is 12.0 Å². The van der Waals surface area contributed by atoms with Crippen LogP contribution >= 0.6 is 0 Å². The van der Waals surface area contributed by atoms with Crippen molar-refractivity contribution in [3.05, 3.63) is 23.8 Å². The highest BCUT2D eigenvalue weighted by Gasteiger charge is 2.26. The molecule has 23 heavy (non-hydrogen) atoms. The highest BCUT2D eigenvalue weighted by molar-refractivity contribution is 7.87. The minimum Gasteiger partial charge on any atom is -0.490 e. The largest absolute Gasteiger partial charge is 0.490 e. The Morgan fingerprint density at radius 2 is 1.78 bits per heavy atom. The molecule has 1 fully saturated rings. The second kappa shape index (κ2) is 7.04. The van der Waals surface area contributed by atoms with Crippen LogP contribution in [0, 0.1) is 0 Å². The molecule has 1 aromatic rings. The molecular formula is C15H22N2O5S. The Morgan fingerprint density at radius 3 is 2.52 bits per heavy atom. The average molecular weight is 342 g/mol. The van der Waals surface area contributed by atoms with Crippen molar-refractivity contribution in [1.29, 1.82) is 0 Å². The van der Waals surface area contributed by atoms with E-state index in [2.05, 4.69) is 4.72 Å². The fourth-order valence-corrected chi connectivity index (χ4v) is 3.96. The van der Waals surface area contributed by atoms with E-state index in [1.165, 1.54) is 4.31 Å². The maximum atomic E-state index is 12.4. The van der Waals surface area contributed by atoms with Gasteiger partial charge >= 0.3 is 0 Å². The number of ether oxygens (including phenoxy) is 3. The van der Waals surface area contributed by atoms with Gasteiger partial charge in [0.15, 0.2) is 11.5 Å². The number of morpholine rings is 1. The van der Waals surface area contributed by atoms with E-state index >= 15 is 0 Å². The molecule has 0 spiro atoms. The molecule has 0 bridgehead atoms. The Balaban J connectivity index is 1.72. The van der Waals surface area contributed by atoms with Gasteiger partial charge in [0.25, 0.3) is 10.2 Å². The van der Waals surface area contributed by atoms with Gasteiger partial charge in [0.2, 0.25) is 0 Å². The first-order valence-corrected chi connectivity index (χ1v) is 9.25. The molecule has 0 amide bonds. The van der Waals surface area contributed by atoms with E-state index in [1.807, 2.05) is 25.1 Å². The zero-order valence-corrected chi connectivity index (χ0v) is 14.0. The normalized spacial score (nSPS) is 20.7. The summed E-state index contributed by atoms with van der Waals surface area (Å²) in [5.74, 6) is 1.37. The summed E-state index contributed by atoms with van der Waals surface area (Å²) < 4.78 is 45.4. The van der Waals surface area contributed by atoms with Crippen LogP contribution in [0.4, 0.5) is 0 Å². The van der Waals surface area contributed by atoms with Gasteiger partial charge in [0.1, 0.15) is 0 Å². The molecule has 1 N–H and O–H groups in total. The van der Waals surface area contributed by atoms with Crippen LogP contribution in [0.25, 0.3) is 0 Å². The van der Waals surface area contributed by atoms with Crippen LogP contribution in [0.15, 0.2) is 18.2 Å². The minimum atomic E-state index is -3.53. The van der Waals surface area contributed by atoms with Crippen LogP contribution in [-0.2, 0) is 14.9 Å². The topological polar surface area (TPSA) is 77.1 Å². The number of benzene rings is 1. The van der Waals surface area contributed by atoms with Crippen LogP contribution in [0.2, 0.25) is 0 Å². The lowest BCUT2D eigenvalue weighted by molar-refractivity contribution is 0.0723. The lowest BCUT2D eigenvalue weighted by atomic mass is 10.1. The number of nitrogens with one attached hydrogen (secondary N) is 1. The molecular weight excluding hydrogens is 320 g/mol. The van der Waals surface area contributed by atoms with Gasteiger partial charge in [-0.1, -0.05) is 6.07 Å². The number of nitrogens with zero attached hydrogens (tertiary/aromatic N) is 1. The molecule has 0 saturated carbocycles. The van der Waals surface area contributed by atoms with Gasteiger partial charge in [-0.15, -0.1) is 0 Å². The Hall–Kier alpha value is -1.35. The van der Waals surface area contributed by atoms with Gasteiger partial charge in [0, 0.05) is 25.6 Å². The molecule has 1 atom stereocenters. The first-order valence-electron chi connectivity index (χ1n) is 7.81. The third kappa shape index (κ3) is 3.95. The maximum Gasteiger partial charge on any atom is 0.280 e. The first kappa shape index (κ1) is 16.5. The van der Waals surface area contributed by atoms with Crippen molar-refractivity contribution in [3.63, 3.8) is 0 Å². The van der Waals surface area contributed by atoms with Gasteiger partial charge < -0.3 is 14.2 Å². The van der Waals surface area contributed by atoms with Gasteiger partial charge in [-0.25, -0.2) is 0 Å². The lowest BCUT2D eigenvalue weighted by Crippen LogP contribution is -2.47. The lowest BCUT2D eigenvalue weighted by Gasteiger charge is -2.28. The summed E-state index contributed by atoms with van der Waals surface area (Å²) in [7, 11) is -3.53. The maximum absolute atomic E-state index is 12.4. The Morgan fingerprint density at radius 1 is 1.09 bits per heavy atom. The Kier molecular flexibility index (Phi) is 5.05. The summed E-state index contributed by atoms with van der Waals surface area (Å²) in [4.78, 5) is 0. The summed E-state index contributed by atoms with van der Waals surface area (Å²) in [6.45, 7) is 4.66. The molecule has 0 unspecified atom stereocenters. The molecule has 0 radical (unpaired) electrons. The van der Waals surface area contributed by atoms with Crippen LogP contribution in [0.5, 0.6) is 11.5 Å². The standard InChI is InChI=1S/C15H22N2O5S/c1-12(16-23(18,19)17-5-9-20-10-6-17)13-3-4-14-15(11-13)22-8-2-7-21-14/h3-4,11-12,16H,2,5-10H2,1H3/t12-/m0/s1. The fourth-order valence-electron chi connectivity index (χ4n) is 2.60. The monoisotopic (exact) mass is 342 g/mol. The van der Waals surface area contributed by atoms with Crippen molar-refractivity contribution >= 4 is 10.2 Å². The van der Waals surface area contributed by atoms with Crippen molar-refractivity contribution in [1.82, 2.24) is 9.03 Å². The molecule has 0 aliphatic carbocycles. The molecule has 1 saturated heterocycles. The Bertz CT molecular complexity index is 643. The fraction of sp³-hybridized carbons (Fsp3) is 0.600. The van der Waals surface area contributed by atoms with E-state index in [9.17, 15) is 8.42 Å². The van der Waals surface area contributed by atoms with Crippen molar-refractivity contribution in [2.75, 3.05) is 39.5 Å². The van der Waals surface area contributed by atoms with E-state index < -0.39 is 10.2 Å². The van der Waals surface area contributed by atoms with Crippen molar-refractivity contribution in [3.8, 4) is 11.5 Å². The van der Waals surface area contributed by atoms with Crippen molar-refractivity contribution < 1.29 is 22.6 Å². The summed E-state index contributed by atoms with van der Waals surface area (Å²) in [6.07, 6.45) is 0.837. The molecule has 3 rings (SSSR count). The van der Waals surface area contributed by atoms with E-state index in [0.29, 0.717) is 51.0 Å². The van der Waals surface area contributed by atoms with Crippen LogP contribution < -0.4 is 14.2 Å². The molecule has 2 aliphatic heterocycles. The smallest absolute Gasteiger partial charge is 0.280 e. The van der Waals surface area contributed by atoms with Crippen LogP contribution in [0.1, 0.15) is 24.9 Å². The van der Waals surface area contributed by atoms with Crippen LogP contribution in [0.3, 0.4) is 0 Å². The molecule has 8 heteroatoms. The summed E-state index contributed by atoms with van der Waals surface area (Å²) in [5.41, 5.74) is 0.839. The molecule has 7 nitrogen and oxygen atoms in total. The zero-order chi connectivity index (χ0) is 16.3. The Labute approximate surface area is 136 Å². The van der Waals surface area contributed by atoms with Gasteiger partial charge in [-0.2, -0.15) is 17.4 Å². The summed E-state index contributed by atoms with van der Waals surface area (Å²) in [5, 5.41) is 0. The third-order valence-corrected chi connectivity index (χ3v) is 5.60. The summed E-state index contributed by atoms with van der Waals surface area (Å²) in [6, 6.07) is 5.17. The molecule has 0 aromatic heterocycles. The highest BCUT2D eigenvalue weighted by atomic mass is 32.2. The highest BCUT2D eigenvalue weighted by Crippen LogP contribution is 2.32. The number of hydrogen-bond donors (Lipinski definition) is 1. The number of hydrogen-bond acceptors (Lipinski definition) is 5. The quantitative estimate of drug-likeness (QED) is 0.886. The zero-order valence-electron chi connectivity index (χ0n) is 13.2. The van der Waals surface area contributed by atoms with E-state index in [-0.39, 0.29) is 6.04 Å². The SMILES string of the molecule is C[C@H](NS(=O)(=O)N1CCOCC1)c1ccc2c(c1)OCCCO2. The molecule has 2 heterocycles. The number of fused-ring (bicyclic) bond motifs is 1. The van der Waals surface area contributed by atoms with Gasteiger partial charge in [-0.05, 0) is 24.6 Å². The minimum absolute atomic E-state index is 0.361. The predicted molar refractivity (Wildman–Crippen MR) is 84.9 cm³/mol. The second-order valence-corrected chi connectivity index (χ2v) is 7.31. The van der Waals surface area contributed by atoms with E-state index in [4.69, 9.17) is 14.2 Å². The third-order valence-electron chi connectivity index (χ3n) is 3.91. The van der Waals surface area contributed by atoms with Gasteiger partial charge in [0.05, 0.1) is 26.4 Å². The van der Waals surface area contributed by atoms with E-state index in [1.54, 1.807) is 0 Å². The second-order valence-electron chi connectivity index (χ2n) is 5.61. The predicted octanol–water partition coefficient (Wildman–Crippen LogP) is 1.08. The van der Waals surface area contributed by atoms with Crippen molar-refractivity contribution in [2.45, 2.75) is 19.4 Å². The van der Waals surface area contributed by atoms with Crippen molar-refractivity contribution in [2.24, 2.45) is 0 Å². The average Bonchev–Trinajstić information content (AvgIpc) is 2.80. The molecule has 128 valence electrons.